The maximum atomic E-state index is 6.02. The molecule has 3 nitrogen and oxygen atoms in total. The van der Waals surface area contributed by atoms with Crippen molar-refractivity contribution < 1.29 is 0 Å². The average molecular weight is 251 g/mol. The molecule has 1 aromatic heterocycles. The molecule has 0 saturated carbocycles. The van der Waals surface area contributed by atoms with E-state index < -0.39 is 0 Å². The number of aromatic nitrogens is 2. The summed E-state index contributed by atoms with van der Waals surface area (Å²) >= 11 is 0. The van der Waals surface area contributed by atoms with Crippen molar-refractivity contribution in [2.75, 3.05) is 5.73 Å². The van der Waals surface area contributed by atoms with Crippen LogP contribution in [-0.2, 0) is 13.0 Å². The average Bonchev–Trinajstić information content (AvgIpc) is 2.73. The third-order valence-corrected chi connectivity index (χ3v) is 3.40. The van der Waals surface area contributed by atoms with Gasteiger partial charge >= 0.3 is 0 Å². The summed E-state index contributed by atoms with van der Waals surface area (Å²) in [4.78, 5) is 4.41. The zero-order chi connectivity index (χ0) is 13.2. The molecular weight excluding hydrogens is 234 g/mol. The minimum Gasteiger partial charge on any atom is -0.369 e. The number of nitrogens with zero attached hydrogens (tertiary/aromatic N) is 2. The number of rotatable bonds is 3. The number of fused-ring (bicyclic) bond motifs is 1. The lowest BCUT2D eigenvalue weighted by atomic mass is 10.1. The van der Waals surface area contributed by atoms with Crippen LogP contribution in [0.1, 0.15) is 11.1 Å². The molecule has 2 aromatic carbocycles. The van der Waals surface area contributed by atoms with Crippen LogP contribution in [0.4, 0.5) is 5.95 Å². The normalized spacial score (nSPS) is 11.0. The summed E-state index contributed by atoms with van der Waals surface area (Å²) in [6.07, 6.45) is 0.963. The van der Waals surface area contributed by atoms with Gasteiger partial charge in [-0.15, -0.1) is 0 Å². The van der Waals surface area contributed by atoms with Gasteiger partial charge in [0.15, 0.2) is 0 Å². The van der Waals surface area contributed by atoms with Gasteiger partial charge in [-0.1, -0.05) is 36.4 Å². The standard InChI is InChI=1S/C16H17N3/c1-12-7-8-14-15(11-12)19(16(17)18-14)10-9-13-5-3-2-4-6-13/h2-8,11H,9-10H2,1H3,(H2,17,18). The number of nitrogen functional groups attached to an aromatic ring is 1. The van der Waals surface area contributed by atoms with Gasteiger partial charge in [-0.3, -0.25) is 0 Å². The molecule has 3 rings (SSSR count). The van der Waals surface area contributed by atoms with Crippen LogP contribution in [0.5, 0.6) is 0 Å². The molecule has 96 valence electrons. The van der Waals surface area contributed by atoms with E-state index in [1.807, 2.05) is 12.1 Å². The fourth-order valence-electron chi connectivity index (χ4n) is 2.37. The maximum Gasteiger partial charge on any atom is 0.201 e. The monoisotopic (exact) mass is 251 g/mol. The lowest BCUT2D eigenvalue weighted by Crippen LogP contribution is -2.05. The zero-order valence-electron chi connectivity index (χ0n) is 11.0. The minimum absolute atomic E-state index is 0.594. The van der Waals surface area contributed by atoms with Gasteiger partial charge < -0.3 is 10.3 Å². The number of hydrogen-bond donors (Lipinski definition) is 1. The van der Waals surface area contributed by atoms with Crippen LogP contribution in [0.15, 0.2) is 48.5 Å². The molecule has 0 bridgehead atoms. The van der Waals surface area contributed by atoms with Crippen LogP contribution in [0.3, 0.4) is 0 Å². The van der Waals surface area contributed by atoms with Crippen LogP contribution >= 0.6 is 0 Å². The van der Waals surface area contributed by atoms with Crippen LogP contribution in [0, 0.1) is 6.92 Å². The van der Waals surface area contributed by atoms with Gasteiger partial charge in [0.1, 0.15) is 0 Å². The van der Waals surface area contributed by atoms with Gasteiger partial charge in [0, 0.05) is 6.54 Å². The molecule has 2 N–H and O–H groups in total. The van der Waals surface area contributed by atoms with E-state index in [1.54, 1.807) is 0 Å². The largest absolute Gasteiger partial charge is 0.369 e. The Bertz CT molecular complexity index is 699. The Morgan fingerprint density at radius 2 is 1.89 bits per heavy atom. The summed E-state index contributed by atoms with van der Waals surface area (Å²) in [5.74, 6) is 0.594. The topological polar surface area (TPSA) is 43.8 Å². The van der Waals surface area contributed by atoms with Crippen molar-refractivity contribution in [1.29, 1.82) is 0 Å². The molecule has 0 amide bonds. The minimum atomic E-state index is 0.594. The van der Waals surface area contributed by atoms with Gasteiger partial charge in [0.25, 0.3) is 0 Å². The SMILES string of the molecule is Cc1ccc2nc(N)n(CCc3ccccc3)c2c1. The van der Waals surface area contributed by atoms with Gasteiger partial charge in [0.05, 0.1) is 11.0 Å². The number of hydrogen-bond acceptors (Lipinski definition) is 2. The molecule has 0 fully saturated rings. The Hall–Kier alpha value is -2.29. The lowest BCUT2D eigenvalue weighted by molar-refractivity contribution is 0.726. The molecule has 0 spiro atoms. The number of imidazole rings is 1. The molecule has 1 heterocycles. The van der Waals surface area contributed by atoms with E-state index in [2.05, 4.69) is 52.9 Å². The van der Waals surface area contributed by atoms with Gasteiger partial charge in [0.2, 0.25) is 5.95 Å². The van der Waals surface area contributed by atoms with Crippen LogP contribution < -0.4 is 5.73 Å². The third kappa shape index (κ3) is 2.32. The third-order valence-electron chi connectivity index (χ3n) is 3.40. The molecule has 0 aliphatic rings. The summed E-state index contributed by atoms with van der Waals surface area (Å²) in [5.41, 5.74) is 10.7. The van der Waals surface area contributed by atoms with Gasteiger partial charge in [-0.2, -0.15) is 0 Å². The molecule has 3 heteroatoms. The van der Waals surface area contributed by atoms with E-state index in [-0.39, 0.29) is 0 Å². The number of anilines is 1. The van der Waals surface area contributed by atoms with E-state index in [9.17, 15) is 0 Å². The number of nitrogens with two attached hydrogens (primary N) is 1. The highest BCUT2D eigenvalue weighted by molar-refractivity contribution is 5.79. The zero-order valence-corrected chi connectivity index (χ0v) is 11.0. The number of aryl methyl sites for hydroxylation is 3. The number of benzene rings is 2. The van der Waals surface area contributed by atoms with E-state index in [0.29, 0.717) is 5.95 Å². The molecule has 0 aliphatic heterocycles. The quantitative estimate of drug-likeness (QED) is 0.777. The first-order valence-corrected chi connectivity index (χ1v) is 6.50. The summed E-state index contributed by atoms with van der Waals surface area (Å²) in [6.45, 7) is 2.94. The second-order valence-electron chi connectivity index (χ2n) is 4.85. The highest BCUT2D eigenvalue weighted by Crippen LogP contribution is 2.19. The predicted octanol–water partition coefficient (Wildman–Crippen LogP) is 3.17. The Morgan fingerprint density at radius 3 is 2.68 bits per heavy atom. The van der Waals surface area contributed by atoms with Crippen molar-refractivity contribution in [1.82, 2.24) is 9.55 Å². The van der Waals surface area contributed by atoms with E-state index in [0.717, 1.165) is 24.0 Å². The maximum absolute atomic E-state index is 6.02. The molecule has 0 aliphatic carbocycles. The molecule has 3 aromatic rings. The Morgan fingerprint density at radius 1 is 1.11 bits per heavy atom. The first kappa shape index (κ1) is 11.8. The van der Waals surface area contributed by atoms with E-state index >= 15 is 0 Å². The molecule has 0 radical (unpaired) electrons. The molecule has 0 atom stereocenters. The van der Waals surface area contributed by atoms with Crippen LogP contribution in [-0.4, -0.2) is 9.55 Å². The molecule has 0 unspecified atom stereocenters. The van der Waals surface area contributed by atoms with Gasteiger partial charge in [-0.05, 0) is 36.6 Å². The fraction of sp³-hybridized carbons (Fsp3) is 0.188. The van der Waals surface area contributed by atoms with Crippen molar-refractivity contribution in [3.05, 3.63) is 59.7 Å². The summed E-state index contributed by atoms with van der Waals surface area (Å²) in [5, 5.41) is 0. The summed E-state index contributed by atoms with van der Waals surface area (Å²) < 4.78 is 2.09. The predicted molar refractivity (Wildman–Crippen MR) is 79.0 cm³/mol. The Kier molecular flexibility index (Phi) is 2.95. The Balaban J connectivity index is 1.92. The van der Waals surface area contributed by atoms with Crippen molar-refractivity contribution in [2.24, 2.45) is 0 Å². The molecular formula is C16H17N3. The second-order valence-corrected chi connectivity index (χ2v) is 4.85. The highest BCUT2D eigenvalue weighted by Gasteiger charge is 2.07. The molecule has 19 heavy (non-hydrogen) atoms. The summed E-state index contributed by atoms with van der Waals surface area (Å²) in [6, 6.07) is 16.7. The lowest BCUT2D eigenvalue weighted by Gasteiger charge is -2.07. The van der Waals surface area contributed by atoms with Crippen molar-refractivity contribution in [2.45, 2.75) is 19.9 Å². The first-order chi connectivity index (χ1) is 9.24. The fourth-order valence-corrected chi connectivity index (χ4v) is 2.37. The van der Waals surface area contributed by atoms with Gasteiger partial charge in [-0.25, -0.2) is 4.98 Å². The van der Waals surface area contributed by atoms with Crippen LogP contribution in [0.25, 0.3) is 11.0 Å². The molecule has 0 saturated heterocycles. The van der Waals surface area contributed by atoms with Crippen molar-refractivity contribution in [3.8, 4) is 0 Å². The van der Waals surface area contributed by atoms with E-state index in [4.69, 9.17) is 5.73 Å². The highest BCUT2D eigenvalue weighted by atomic mass is 15.1. The van der Waals surface area contributed by atoms with Crippen LogP contribution in [0.2, 0.25) is 0 Å². The second kappa shape index (κ2) is 4.76. The smallest absolute Gasteiger partial charge is 0.201 e. The summed E-state index contributed by atoms with van der Waals surface area (Å²) in [7, 11) is 0. The Labute approximate surface area is 112 Å². The van der Waals surface area contributed by atoms with Crippen molar-refractivity contribution >= 4 is 17.0 Å². The first-order valence-electron chi connectivity index (χ1n) is 6.50. The van der Waals surface area contributed by atoms with E-state index in [1.165, 1.54) is 11.1 Å². The van der Waals surface area contributed by atoms with Crippen molar-refractivity contribution in [3.63, 3.8) is 0 Å².